The Labute approximate surface area is 120 Å². The van der Waals surface area contributed by atoms with E-state index in [0.29, 0.717) is 6.61 Å². The van der Waals surface area contributed by atoms with Crippen molar-refractivity contribution in [1.29, 1.82) is 5.26 Å². The number of hydrogen-bond acceptors (Lipinski definition) is 2. The first-order valence-electron chi connectivity index (χ1n) is 7.94. The van der Waals surface area contributed by atoms with Crippen molar-refractivity contribution in [2.24, 2.45) is 0 Å². The van der Waals surface area contributed by atoms with E-state index in [1.54, 1.807) is 6.07 Å². The van der Waals surface area contributed by atoms with E-state index in [1.165, 1.54) is 76.7 Å². The Hall–Kier alpha value is -0.810. The fourth-order valence-corrected chi connectivity index (χ4v) is 1.95. The minimum atomic E-state index is 0.372. The summed E-state index contributed by atoms with van der Waals surface area (Å²) in [7, 11) is 0. The maximum Gasteiger partial charge on any atom is 0.0905 e. The second-order valence-electron chi connectivity index (χ2n) is 4.95. The van der Waals surface area contributed by atoms with Crippen LogP contribution in [-0.2, 0) is 0 Å². The molecule has 0 aromatic carbocycles. The third-order valence-corrected chi connectivity index (χ3v) is 3.10. The van der Waals surface area contributed by atoms with Gasteiger partial charge in [0.15, 0.2) is 0 Å². The Balaban J connectivity index is 0. The van der Waals surface area contributed by atoms with Gasteiger partial charge in [-0.1, -0.05) is 84.1 Å². The maximum absolute atomic E-state index is 8.61. The molecule has 0 radical (unpaired) electrons. The van der Waals surface area contributed by atoms with E-state index in [9.17, 15) is 0 Å². The van der Waals surface area contributed by atoms with Crippen LogP contribution in [0.1, 0.15) is 84.0 Å². The van der Waals surface area contributed by atoms with Crippen molar-refractivity contribution in [3.8, 4) is 6.07 Å². The highest BCUT2D eigenvalue weighted by Crippen LogP contribution is 2.11. The average Bonchev–Trinajstić information content (AvgIpc) is 2.45. The lowest BCUT2D eigenvalue weighted by atomic mass is 10.1. The van der Waals surface area contributed by atoms with Crippen LogP contribution in [0, 0.1) is 11.3 Å². The van der Waals surface area contributed by atoms with Gasteiger partial charge in [-0.15, -0.1) is 0 Å². The zero-order valence-corrected chi connectivity index (χ0v) is 12.9. The van der Waals surface area contributed by atoms with E-state index >= 15 is 0 Å². The number of nitriles is 1. The zero-order valence-electron chi connectivity index (χ0n) is 12.9. The summed E-state index contributed by atoms with van der Waals surface area (Å²) in [6.45, 7) is 5.76. The normalized spacial score (nSPS) is 9.32. The molecule has 0 aliphatic heterocycles. The fraction of sp³-hybridized carbons (Fsp3) is 0.824. The first-order valence-corrected chi connectivity index (χ1v) is 7.94. The van der Waals surface area contributed by atoms with Crippen molar-refractivity contribution >= 4 is 0 Å². The molecule has 0 aliphatic rings. The summed E-state index contributed by atoms with van der Waals surface area (Å²) in [5, 5.41) is 16.1. The van der Waals surface area contributed by atoms with E-state index in [-0.39, 0.29) is 0 Å². The van der Waals surface area contributed by atoms with Crippen LogP contribution in [0.4, 0.5) is 0 Å². The smallest absolute Gasteiger partial charge is 0.0905 e. The molecule has 0 rings (SSSR count). The predicted octanol–water partition coefficient (Wildman–Crippen LogP) is 5.38. The highest BCUT2D eigenvalue weighted by atomic mass is 16.2. The molecular formula is C17H33NO. The van der Waals surface area contributed by atoms with Gasteiger partial charge in [-0.3, -0.25) is 0 Å². The van der Waals surface area contributed by atoms with Gasteiger partial charge >= 0.3 is 0 Å². The third kappa shape index (κ3) is 26.7. The van der Waals surface area contributed by atoms with Gasteiger partial charge in [-0.25, -0.2) is 0 Å². The standard InChI is InChI=1S/C14H30O.C3H3N/c1-2-3-4-5-6-7-8-9-10-11-12-13-14-15;1-2-3-4/h15H,2-14H2,1H3;2H,1H2. The van der Waals surface area contributed by atoms with Crippen LogP contribution < -0.4 is 0 Å². The third-order valence-electron chi connectivity index (χ3n) is 3.10. The van der Waals surface area contributed by atoms with Crippen molar-refractivity contribution in [1.82, 2.24) is 0 Å². The molecule has 2 nitrogen and oxygen atoms in total. The van der Waals surface area contributed by atoms with Crippen LogP contribution in [-0.4, -0.2) is 11.7 Å². The van der Waals surface area contributed by atoms with Crippen molar-refractivity contribution in [2.45, 2.75) is 84.0 Å². The minimum absolute atomic E-state index is 0.372. The van der Waals surface area contributed by atoms with Crippen molar-refractivity contribution < 1.29 is 5.11 Å². The van der Waals surface area contributed by atoms with Gasteiger partial charge in [0.25, 0.3) is 0 Å². The summed E-state index contributed by atoms with van der Waals surface area (Å²) in [5.74, 6) is 0. The lowest BCUT2D eigenvalue weighted by molar-refractivity contribution is 0.282. The van der Waals surface area contributed by atoms with E-state index in [0.717, 1.165) is 6.42 Å². The number of aliphatic hydroxyl groups excluding tert-OH is 1. The molecule has 19 heavy (non-hydrogen) atoms. The van der Waals surface area contributed by atoms with Crippen LogP contribution in [0.5, 0.6) is 0 Å². The number of aliphatic hydroxyl groups is 1. The molecule has 0 aromatic rings. The Morgan fingerprint density at radius 3 is 1.42 bits per heavy atom. The Morgan fingerprint density at radius 1 is 0.842 bits per heavy atom. The van der Waals surface area contributed by atoms with E-state index in [4.69, 9.17) is 10.4 Å². The van der Waals surface area contributed by atoms with Crippen LogP contribution in [0.25, 0.3) is 0 Å². The van der Waals surface area contributed by atoms with Crippen LogP contribution >= 0.6 is 0 Å². The predicted molar refractivity (Wildman–Crippen MR) is 84.0 cm³/mol. The van der Waals surface area contributed by atoms with Gasteiger partial charge in [-0.2, -0.15) is 5.26 Å². The molecule has 0 saturated carbocycles. The summed E-state index contributed by atoms with van der Waals surface area (Å²) in [5.41, 5.74) is 0. The summed E-state index contributed by atoms with van der Waals surface area (Å²) in [6, 6.07) is 1.69. The van der Waals surface area contributed by atoms with Crippen LogP contribution in [0.2, 0.25) is 0 Å². The Morgan fingerprint density at radius 2 is 1.16 bits per heavy atom. The molecule has 0 aliphatic carbocycles. The van der Waals surface area contributed by atoms with Crippen molar-refractivity contribution in [3.63, 3.8) is 0 Å². The largest absolute Gasteiger partial charge is 0.396 e. The van der Waals surface area contributed by atoms with Gasteiger partial charge in [0.2, 0.25) is 0 Å². The van der Waals surface area contributed by atoms with Gasteiger partial charge in [0.1, 0.15) is 0 Å². The van der Waals surface area contributed by atoms with E-state index < -0.39 is 0 Å². The molecule has 2 heteroatoms. The highest BCUT2D eigenvalue weighted by Gasteiger charge is 1.92. The van der Waals surface area contributed by atoms with Gasteiger partial charge < -0.3 is 5.11 Å². The SMILES string of the molecule is C=CC#N.CCCCCCCCCCCCCCO. The summed E-state index contributed by atoms with van der Waals surface area (Å²) in [6.07, 6.45) is 17.4. The van der Waals surface area contributed by atoms with Gasteiger partial charge in [0, 0.05) is 12.7 Å². The molecule has 0 atom stereocenters. The molecule has 0 spiro atoms. The van der Waals surface area contributed by atoms with E-state index in [1.807, 2.05) is 0 Å². The topological polar surface area (TPSA) is 44.0 Å². The number of rotatable bonds is 12. The minimum Gasteiger partial charge on any atom is -0.396 e. The lowest BCUT2D eigenvalue weighted by Gasteiger charge is -2.01. The highest BCUT2D eigenvalue weighted by molar-refractivity contribution is 4.93. The van der Waals surface area contributed by atoms with Crippen molar-refractivity contribution in [3.05, 3.63) is 12.7 Å². The Kier molecular flexibility index (Phi) is 24.2. The zero-order chi connectivity index (χ0) is 14.6. The number of unbranched alkanes of at least 4 members (excludes halogenated alkanes) is 11. The summed E-state index contributed by atoms with van der Waals surface area (Å²) >= 11 is 0. The second kappa shape index (κ2) is 22.4. The average molecular weight is 267 g/mol. The molecule has 0 fully saturated rings. The summed E-state index contributed by atoms with van der Waals surface area (Å²) < 4.78 is 0. The molecule has 0 amide bonds. The Bertz CT molecular complexity index is 184. The molecule has 0 aromatic heterocycles. The van der Waals surface area contributed by atoms with Gasteiger partial charge in [-0.05, 0) is 6.42 Å². The van der Waals surface area contributed by atoms with E-state index in [2.05, 4.69) is 13.5 Å². The van der Waals surface area contributed by atoms with Crippen LogP contribution in [0.15, 0.2) is 12.7 Å². The first-order chi connectivity index (χ1) is 9.33. The molecule has 1 N–H and O–H groups in total. The number of allylic oxidation sites excluding steroid dienone is 1. The number of hydrogen-bond donors (Lipinski definition) is 1. The molecular weight excluding hydrogens is 234 g/mol. The number of nitrogens with zero attached hydrogens (tertiary/aromatic N) is 1. The molecule has 0 unspecified atom stereocenters. The fourth-order valence-electron chi connectivity index (χ4n) is 1.95. The molecule has 112 valence electrons. The maximum atomic E-state index is 8.61. The lowest BCUT2D eigenvalue weighted by Crippen LogP contribution is -1.84. The second-order valence-corrected chi connectivity index (χ2v) is 4.95. The van der Waals surface area contributed by atoms with Crippen LogP contribution in [0.3, 0.4) is 0 Å². The summed E-state index contributed by atoms with van der Waals surface area (Å²) in [4.78, 5) is 0. The van der Waals surface area contributed by atoms with Crippen molar-refractivity contribution in [2.75, 3.05) is 6.61 Å². The quantitative estimate of drug-likeness (QED) is 0.381. The van der Waals surface area contributed by atoms with Gasteiger partial charge in [0.05, 0.1) is 6.07 Å². The molecule has 0 bridgehead atoms. The molecule has 0 heterocycles. The monoisotopic (exact) mass is 267 g/mol. The molecule has 0 saturated heterocycles. The first kappa shape index (κ1) is 20.5.